The van der Waals surface area contributed by atoms with E-state index >= 15 is 0 Å². The van der Waals surface area contributed by atoms with E-state index in [0.717, 1.165) is 18.9 Å². The predicted molar refractivity (Wildman–Crippen MR) is 66.6 cm³/mol. The predicted octanol–water partition coefficient (Wildman–Crippen LogP) is 1.32. The number of rotatable bonds is 5. The van der Waals surface area contributed by atoms with Gasteiger partial charge in [0.2, 0.25) is 0 Å². The summed E-state index contributed by atoms with van der Waals surface area (Å²) in [4.78, 5) is 5.25. The molecule has 2 fully saturated rings. The van der Waals surface area contributed by atoms with Crippen LogP contribution in [0.1, 0.15) is 39.0 Å². The molecule has 1 N–H and O–H groups in total. The molecule has 0 radical (unpaired) electrons. The van der Waals surface area contributed by atoms with Crippen molar-refractivity contribution < 1.29 is 5.11 Å². The molecular weight excluding hydrogens is 200 g/mol. The first kappa shape index (κ1) is 12.3. The maximum absolute atomic E-state index is 9.22. The third-order valence-corrected chi connectivity index (χ3v) is 4.00. The first-order valence-electron chi connectivity index (χ1n) is 6.90. The van der Waals surface area contributed by atoms with Crippen molar-refractivity contribution in [2.75, 3.05) is 32.7 Å². The second-order valence-corrected chi connectivity index (χ2v) is 5.48. The van der Waals surface area contributed by atoms with Gasteiger partial charge < -0.3 is 10.0 Å². The van der Waals surface area contributed by atoms with Crippen LogP contribution in [0.2, 0.25) is 0 Å². The second-order valence-electron chi connectivity index (χ2n) is 5.48. The molecule has 16 heavy (non-hydrogen) atoms. The smallest absolute Gasteiger partial charge is 0.0512 e. The Morgan fingerprint density at radius 1 is 1.25 bits per heavy atom. The van der Waals surface area contributed by atoms with Crippen LogP contribution in [0.3, 0.4) is 0 Å². The highest BCUT2D eigenvalue weighted by atomic mass is 16.3. The van der Waals surface area contributed by atoms with E-state index in [9.17, 15) is 5.11 Å². The molecule has 2 unspecified atom stereocenters. The summed E-state index contributed by atoms with van der Waals surface area (Å²) < 4.78 is 0. The summed E-state index contributed by atoms with van der Waals surface area (Å²) in [6.45, 7) is 8.24. The summed E-state index contributed by atoms with van der Waals surface area (Å²) in [5, 5.41) is 9.22. The van der Waals surface area contributed by atoms with Crippen LogP contribution in [0, 0.1) is 0 Å². The molecule has 0 saturated carbocycles. The lowest BCUT2D eigenvalue weighted by Crippen LogP contribution is -2.35. The molecule has 0 aromatic rings. The third-order valence-electron chi connectivity index (χ3n) is 4.00. The zero-order valence-corrected chi connectivity index (χ0v) is 10.6. The summed E-state index contributed by atoms with van der Waals surface area (Å²) in [5.74, 6) is 0. The van der Waals surface area contributed by atoms with Gasteiger partial charge in [-0.25, -0.2) is 0 Å². The standard InChI is InChI=1S/C13H26N2O/c1-12(16)5-4-7-14-10-6-13(11-14)15-8-2-3-9-15/h12-13,16H,2-11H2,1H3. The average molecular weight is 226 g/mol. The fraction of sp³-hybridized carbons (Fsp3) is 1.00. The van der Waals surface area contributed by atoms with Crippen LogP contribution in [0.5, 0.6) is 0 Å². The van der Waals surface area contributed by atoms with Gasteiger partial charge in [-0.3, -0.25) is 4.90 Å². The SMILES string of the molecule is CC(O)CCCN1CCC(N2CCCC2)C1. The first-order chi connectivity index (χ1) is 7.75. The summed E-state index contributed by atoms with van der Waals surface area (Å²) >= 11 is 0. The summed E-state index contributed by atoms with van der Waals surface area (Å²) in [7, 11) is 0. The van der Waals surface area contributed by atoms with Crippen LogP contribution < -0.4 is 0 Å². The van der Waals surface area contributed by atoms with E-state index in [0.29, 0.717) is 0 Å². The van der Waals surface area contributed by atoms with Crippen LogP contribution >= 0.6 is 0 Å². The molecule has 2 saturated heterocycles. The van der Waals surface area contributed by atoms with E-state index in [1.54, 1.807) is 0 Å². The zero-order valence-electron chi connectivity index (χ0n) is 10.6. The largest absolute Gasteiger partial charge is 0.393 e. The van der Waals surface area contributed by atoms with Crippen molar-refractivity contribution in [1.82, 2.24) is 9.80 Å². The highest BCUT2D eigenvalue weighted by Gasteiger charge is 2.28. The van der Waals surface area contributed by atoms with Gasteiger partial charge >= 0.3 is 0 Å². The maximum atomic E-state index is 9.22. The van der Waals surface area contributed by atoms with E-state index < -0.39 is 0 Å². The van der Waals surface area contributed by atoms with Crippen molar-refractivity contribution >= 4 is 0 Å². The summed E-state index contributed by atoms with van der Waals surface area (Å²) in [6, 6.07) is 0.828. The molecule has 2 rings (SSSR count). The van der Waals surface area contributed by atoms with Gasteiger partial charge in [0.25, 0.3) is 0 Å². The highest BCUT2D eigenvalue weighted by molar-refractivity contribution is 4.85. The molecule has 2 heterocycles. The average Bonchev–Trinajstić information content (AvgIpc) is 2.85. The molecule has 0 aromatic heterocycles. The molecule has 0 bridgehead atoms. The fourth-order valence-electron chi connectivity index (χ4n) is 3.03. The molecule has 2 aliphatic heterocycles. The van der Waals surface area contributed by atoms with Gasteiger partial charge in [0, 0.05) is 12.6 Å². The number of likely N-dealkylation sites (tertiary alicyclic amines) is 2. The van der Waals surface area contributed by atoms with Gasteiger partial charge in [0.15, 0.2) is 0 Å². The van der Waals surface area contributed by atoms with Crippen LogP contribution in [0.4, 0.5) is 0 Å². The van der Waals surface area contributed by atoms with Crippen molar-refractivity contribution in [3.8, 4) is 0 Å². The van der Waals surface area contributed by atoms with E-state index in [1.165, 1.54) is 52.0 Å². The van der Waals surface area contributed by atoms with Gasteiger partial charge in [-0.2, -0.15) is 0 Å². The first-order valence-corrected chi connectivity index (χ1v) is 6.90. The normalized spacial score (nSPS) is 30.0. The van der Waals surface area contributed by atoms with Crippen LogP contribution in [0.25, 0.3) is 0 Å². The molecule has 0 aromatic carbocycles. The summed E-state index contributed by atoms with van der Waals surface area (Å²) in [5.41, 5.74) is 0. The Morgan fingerprint density at radius 3 is 2.69 bits per heavy atom. The van der Waals surface area contributed by atoms with Crippen molar-refractivity contribution in [2.45, 2.75) is 51.2 Å². The molecular formula is C13H26N2O. The molecule has 2 aliphatic rings. The Kier molecular flexibility index (Phi) is 4.62. The molecule has 94 valence electrons. The molecule has 2 atom stereocenters. The Morgan fingerprint density at radius 2 is 2.00 bits per heavy atom. The van der Waals surface area contributed by atoms with Gasteiger partial charge in [-0.1, -0.05) is 0 Å². The Hall–Kier alpha value is -0.120. The van der Waals surface area contributed by atoms with E-state index in [4.69, 9.17) is 0 Å². The van der Waals surface area contributed by atoms with Crippen molar-refractivity contribution in [3.05, 3.63) is 0 Å². The molecule has 0 amide bonds. The fourth-order valence-corrected chi connectivity index (χ4v) is 3.03. The van der Waals surface area contributed by atoms with Crippen LogP contribution in [-0.2, 0) is 0 Å². The van der Waals surface area contributed by atoms with Crippen LogP contribution in [0.15, 0.2) is 0 Å². The third kappa shape index (κ3) is 3.44. The minimum atomic E-state index is -0.128. The Balaban J connectivity index is 1.63. The van der Waals surface area contributed by atoms with Crippen LogP contribution in [-0.4, -0.2) is 59.8 Å². The number of hydrogen-bond donors (Lipinski definition) is 1. The van der Waals surface area contributed by atoms with Gasteiger partial charge in [0.1, 0.15) is 0 Å². The lowest BCUT2D eigenvalue weighted by molar-refractivity contribution is 0.172. The lowest BCUT2D eigenvalue weighted by Gasteiger charge is -2.23. The molecule has 0 spiro atoms. The summed E-state index contributed by atoms with van der Waals surface area (Å²) in [6.07, 6.45) is 6.12. The monoisotopic (exact) mass is 226 g/mol. The number of aliphatic hydroxyl groups excluding tert-OH is 1. The highest BCUT2D eigenvalue weighted by Crippen LogP contribution is 2.20. The molecule has 3 heteroatoms. The number of aliphatic hydroxyl groups is 1. The Labute approximate surface area is 99.4 Å². The van der Waals surface area contributed by atoms with E-state index in [2.05, 4.69) is 9.80 Å². The number of hydrogen-bond acceptors (Lipinski definition) is 3. The topological polar surface area (TPSA) is 26.7 Å². The Bertz CT molecular complexity index is 202. The van der Waals surface area contributed by atoms with E-state index in [-0.39, 0.29) is 6.10 Å². The number of nitrogens with zero attached hydrogens (tertiary/aromatic N) is 2. The molecule has 3 nitrogen and oxygen atoms in total. The quantitative estimate of drug-likeness (QED) is 0.766. The van der Waals surface area contributed by atoms with Gasteiger partial charge in [0.05, 0.1) is 6.10 Å². The van der Waals surface area contributed by atoms with E-state index in [1.807, 2.05) is 6.92 Å². The second kappa shape index (κ2) is 5.99. The van der Waals surface area contributed by atoms with Crippen molar-refractivity contribution in [1.29, 1.82) is 0 Å². The van der Waals surface area contributed by atoms with Crippen molar-refractivity contribution in [2.24, 2.45) is 0 Å². The van der Waals surface area contributed by atoms with Crippen molar-refractivity contribution in [3.63, 3.8) is 0 Å². The minimum absolute atomic E-state index is 0.128. The lowest BCUT2D eigenvalue weighted by atomic mass is 10.2. The van der Waals surface area contributed by atoms with Gasteiger partial charge in [-0.05, 0) is 65.2 Å². The maximum Gasteiger partial charge on any atom is 0.0512 e. The van der Waals surface area contributed by atoms with Gasteiger partial charge in [-0.15, -0.1) is 0 Å². The molecule has 0 aliphatic carbocycles. The minimum Gasteiger partial charge on any atom is -0.393 e. The zero-order chi connectivity index (χ0) is 11.4.